The van der Waals surface area contributed by atoms with Crippen LogP contribution in [0.4, 0.5) is 10.5 Å². The maximum Gasteiger partial charge on any atom is 0.315 e. The van der Waals surface area contributed by atoms with E-state index in [9.17, 15) is 23.3 Å². The first-order valence-electron chi connectivity index (χ1n) is 6.97. The summed E-state index contributed by atoms with van der Waals surface area (Å²) in [5, 5.41) is 15.7. The lowest BCUT2D eigenvalue weighted by atomic mass is 10.3. The van der Waals surface area contributed by atoms with Gasteiger partial charge >= 0.3 is 6.03 Å². The lowest BCUT2D eigenvalue weighted by Gasteiger charge is -2.08. The van der Waals surface area contributed by atoms with E-state index in [1.54, 1.807) is 12.2 Å². The molecule has 11 heteroatoms. The van der Waals surface area contributed by atoms with Gasteiger partial charge in [-0.05, 0) is 6.07 Å². The summed E-state index contributed by atoms with van der Waals surface area (Å²) < 4.78 is 26.3. The van der Waals surface area contributed by atoms with Gasteiger partial charge in [0, 0.05) is 38.3 Å². The van der Waals surface area contributed by atoms with Gasteiger partial charge in [0.05, 0.1) is 9.82 Å². The molecule has 0 atom stereocenters. The number of benzene rings is 1. The molecule has 24 heavy (non-hydrogen) atoms. The Morgan fingerprint density at radius 1 is 1.25 bits per heavy atom. The van der Waals surface area contributed by atoms with Crippen molar-refractivity contribution < 1.29 is 18.1 Å². The summed E-state index contributed by atoms with van der Waals surface area (Å²) in [6.45, 7) is 0.683. The molecule has 0 saturated carbocycles. The number of sulfonamides is 1. The molecule has 0 saturated heterocycles. The highest BCUT2D eigenvalue weighted by Gasteiger charge is 2.16. The molecule has 1 aromatic rings. The van der Waals surface area contributed by atoms with E-state index in [2.05, 4.69) is 15.4 Å². The van der Waals surface area contributed by atoms with Crippen LogP contribution in [0.15, 0.2) is 41.3 Å². The van der Waals surface area contributed by atoms with E-state index in [-0.39, 0.29) is 23.7 Å². The quantitative estimate of drug-likeness (QED) is 0.205. The Labute approximate surface area is 139 Å². The zero-order valence-corrected chi connectivity index (χ0v) is 13.6. The van der Waals surface area contributed by atoms with E-state index in [1.165, 1.54) is 18.2 Å². The minimum atomic E-state index is -3.89. The number of carbonyl (C=O) groups excluding carboxylic acids is 1. The Hall–Kier alpha value is -2.50. The number of amides is 2. The molecule has 2 amide bonds. The fourth-order valence-electron chi connectivity index (χ4n) is 1.60. The second-order valence-electron chi connectivity index (χ2n) is 4.50. The van der Waals surface area contributed by atoms with Crippen LogP contribution < -0.4 is 21.1 Å². The van der Waals surface area contributed by atoms with Crippen LogP contribution in [0.25, 0.3) is 0 Å². The van der Waals surface area contributed by atoms with Gasteiger partial charge in [0.1, 0.15) is 0 Å². The van der Waals surface area contributed by atoms with Crippen molar-refractivity contribution in [2.75, 3.05) is 26.2 Å². The highest BCUT2D eigenvalue weighted by molar-refractivity contribution is 7.89. The Morgan fingerprint density at radius 3 is 2.67 bits per heavy atom. The molecular formula is C13H19N5O5S. The van der Waals surface area contributed by atoms with Gasteiger partial charge in [-0.1, -0.05) is 18.2 Å². The van der Waals surface area contributed by atoms with E-state index in [0.717, 1.165) is 6.07 Å². The third-order valence-corrected chi connectivity index (χ3v) is 4.18. The molecule has 0 unspecified atom stereocenters. The van der Waals surface area contributed by atoms with Crippen molar-refractivity contribution in [2.24, 2.45) is 5.73 Å². The number of hydrogen-bond acceptors (Lipinski definition) is 6. The van der Waals surface area contributed by atoms with E-state index >= 15 is 0 Å². The molecule has 0 aliphatic heterocycles. The third kappa shape index (κ3) is 6.73. The van der Waals surface area contributed by atoms with Crippen molar-refractivity contribution in [3.8, 4) is 0 Å². The van der Waals surface area contributed by atoms with Crippen LogP contribution in [0.1, 0.15) is 0 Å². The minimum Gasteiger partial charge on any atom is -0.337 e. The lowest BCUT2D eigenvalue weighted by molar-refractivity contribution is -0.385. The van der Waals surface area contributed by atoms with Crippen LogP contribution in [-0.4, -0.2) is 45.6 Å². The predicted molar refractivity (Wildman–Crippen MR) is 87.9 cm³/mol. The van der Waals surface area contributed by atoms with Crippen LogP contribution in [0, 0.1) is 10.1 Å². The molecular weight excluding hydrogens is 338 g/mol. The number of nitrogens with one attached hydrogen (secondary N) is 3. The van der Waals surface area contributed by atoms with Crippen LogP contribution in [-0.2, 0) is 10.0 Å². The number of nitrogens with zero attached hydrogens (tertiary/aromatic N) is 1. The Morgan fingerprint density at radius 2 is 2.00 bits per heavy atom. The zero-order valence-electron chi connectivity index (χ0n) is 12.8. The van der Waals surface area contributed by atoms with Crippen LogP contribution >= 0.6 is 0 Å². The summed E-state index contributed by atoms with van der Waals surface area (Å²) in [5.41, 5.74) is 4.92. The Kier molecular flexibility index (Phi) is 7.82. The molecule has 5 N–H and O–H groups in total. The molecule has 0 aliphatic rings. The number of carbonyl (C=O) groups is 1. The summed E-state index contributed by atoms with van der Waals surface area (Å²) in [5.74, 6) is 0. The summed E-state index contributed by atoms with van der Waals surface area (Å²) >= 11 is 0. The van der Waals surface area contributed by atoms with Gasteiger partial charge in [-0.2, -0.15) is 0 Å². The number of urea groups is 1. The molecule has 1 aromatic carbocycles. The zero-order chi connectivity index (χ0) is 18.0. The maximum absolute atomic E-state index is 12.0. The van der Waals surface area contributed by atoms with E-state index in [4.69, 9.17) is 5.73 Å². The van der Waals surface area contributed by atoms with E-state index in [1.807, 2.05) is 0 Å². The molecule has 0 aliphatic carbocycles. The van der Waals surface area contributed by atoms with Gasteiger partial charge in [0.25, 0.3) is 5.69 Å². The molecule has 1 rings (SSSR count). The molecule has 0 heterocycles. The Balaban J connectivity index is 2.43. The second-order valence-corrected chi connectivity index (χ2v) is 6.26. The van der Waals surface area contributed by atoms with Crippen LogP contribution in [0.2, 0.25) is 0 Å². The van der Waals surface area contributed by atoms with E-state index < -0.39 is 21.0 Å². The van der Waals surface area contributed by atoms with Gasteiger partial charge in [-0.3, -0.25) is 10.1 Å². The van der Waals surface area contributed by atoms with Crippen molar-refractivity contribution in [3.05, 3.63) is 46.5 Å². The molecule has 0 bridgehead atoms. The third-order valence-electron chi connectivity index (χ3n) is 2.72. The maximum atomic E-state index is 12.0. The van der Waals surface area contributed by atoms with Gasteiger partial charge in [-0.25, -0.2) is 17.9 Å². The summed E-state index contributed by atoms with van der Waals surface area (Å²) in [6.07, 6.45) is 3.37. The molecule has 132 valence electrons. The highest BCUT2D eigenvalue weighted by atomic mass is 32.2. The molecule has 0 spiro atoms. The normalized spacial score (nSPS) is 11.4. The SMILES string of the molecule is NCC=CCNC(=O)NCCNS(=O)(=O)c1cccc([N+](=O)[O-])c1. The molecule has 10 nitrogen and oxygen atoms in total. The van der Waals surface area contributed by atoms with Gasteiger partial charge in [0.2, 0.25) is 10.0 Å². The largest absolute Gasteiger partial charge is 0.337 e. The number of hydrogen-bond donors (Lipinski definition) is 4. The summed E-state index contributed by atoms with van der Waals surface area (Å²) in [6, 6.07) is 4.24. The first-order valence-corrected chi connectivity index (χ1v) is 8.46. The van der Waals surface area contributed by atoms with E-state index in [0.29, 0.717) is 13.1 Å². The number of rotatable bonds is 9. The second kappa shape index (κ2) is 9.60. The van der Waals surface area contributed by atoms with Crippen molar-refractivity contribution in [1.29, 1.82) is 0 Å². The average Bonchev–Trinajstić information content (AvgIpc) is 2.56. The van der Waals surface area contributed by atoms with Crippen LogP contribution in [0.3, 0.4) is 0 Å². The predicted octanol–water partition coefficient (Wildman–Crippen LogP) is -0.313. The molecule has 0 aromatic heterocycles. The smallest absolute Gasteiger partial charge is 0.315 e. The van der Waals surface area contributed by atoms with Crippen molar-refractivity contribution in [1.82, 2.24) is 15.4 Å². The number of non-ortho nitro benzene ring substituents is 1. The summed E-state index contributed by atoms with van der Waals surface area (Å²) in [7, 11) is -3.89. The standard InChI is InChI=1S/C13H19N5O5S/c14-6-1-2-7-15-13(19)16-8-9-17-24(22,23)12-5-3-4-11(10-12)18(20)21/h1-5,10,17H,6-9,14H2,(H2,15,16,19). The first-order chi connectivity index (χ1) is 11.4. The summed E-state index contributed by atoms with van der Waals surface area (Å²) in [4.78, 5) is 21.2. The number of nitro benzene ring substituents is 1. The van der Waals surface area contributed by atoms with Gasteiger partial charge < -0.3 is 16.4 Å². The minimum absolute atomic E-state index is 0.0561. The Bertz CT molecular complexity index is 704. The number of nitro groups is 1. The lowest BCUT2D eigenvalue weighted by Crippen LogP contribution is -2.40. The van der Waals surface area contributed by atoms with Crippen LogP contribution in [0.5, 0.6) is 0 Å². The topological polar surface area (TPSA) is 156 Å². The monoisotopic (exact) mass is 357 g/mol. The number of nitrogens with two attached hydrogens (primary N) is 1. The highest BCUT2D eigenvalue weighted by Crippen LogP contribution is 2.16. The molecule has 0 radical (unpaired) electrons. The fourth-order valence-corrected chi connectivity index (χ4v) is 2.67. The first kappa shape index (κ1) is 19.5. The fraction of sp³-hybridized carbons (Fsp3) is 0.308. The molecule has 0 fully saturated rings. The van der Waals surface area contributed by atoms with Gasteiger partial charge in [-0.15, -0.1) is 0 Å². The van der Waals surface area contributed by atoms with Gasteiger partial charge in [0.15, 0.2) is 0 Å². The average molecular weight is 357 g/mol. The van der Waals surface area contributed by atoms with Crippen molar-refractivity contribution in [2.45, 2.75) is 4.90 Å². The van der Waals surface area contributed by atoms with Crippen molar-refractivity contribution >= 4 is 21.7 Å². The van der Waals surface area contributed by atoms with Crippen molar-refractivity contribution in [3.63, 3.8) is 0 Å².